The van der Waals surface area contributed by atoms with Crippen molar-refractivity contribution < 1.29 is 26.9 Å². The number of hydrogen-bond acceptors (Lipinski definition) is 6. The van der Waals surface area contributed by atoms with E-state index in [9.17, 15) is 18.0 Å². The number of aryl methyl sites for hydroxylation is 1. The first kappa shape index (κ1) is 27.4. The van der Waals surface area contributed by atoms with Gasteiger partial charge in [0.25, 0.3) is 5.91 Å². The number of rotatable bonds is 5. The smallest absolute Gasteiger partial charge is 0.380 e. The van der Waals surface area contributed by atoms with Crippen molar-refractivity contribution in [2.24, 2.45) is 0 Å². The molecule has 13 heteroatoms. The fourth-order valence-corrected chi connectivity index (χ4v) is 5.67. The summed E-state index contributed by atoms with van der Waals surface area (Å²) in [6.07, 6.45) is -1.42. The summed E-state index contributed by atoms with van der Waals surface area (Å²) in [5.74, 6) is -0.623. The molecule has 4 heterocycles. The van der Waals surface area contributed by atoms with Gasteiger partial charge in [-0.25, -0.2) is 14.1 Å². The summed E-state index contributed by atoms with van der Waals surface area (Å²) in [5, 5.41) is 7.83. The minimum Gasteiger partial charge on any atom is -0.380 e. The molecule has 44 heavy (non-hydrogen) atoms. The number of fused-ring (bicyclic) bond motifs is 2. The molecule has 0 saturated carbocycles. The van der Waals surface area contributed by atoms with Crippen molar-refractivity contribution in [2.45, 2.75) is 26.1 Å². The van der Waals surface area contributed by atoms with Crippen LogP contribution in [0.15, 0.2) is 77.6 Å². The zero-order chi connectivity index (χ0) is 30.7. The number of nitrogens with two attached hydrogens (primary N) is 1. The SMILES string of the molecule is Cc1nccn1Cc1ccccc1-c1ccc(N2CCc3c(C(F)(F)F)nn(-c4ccc5onc(N)c5c4)c3C2=O)c(F)c1. The lowest BCUT2D eigenvalue weighted by molar-refractivity contribution is -0.141. The molecule has 222 valence electrons. The summed E-state index contributed by atoms with van der Waals surface area (Å²) in [7, 11) is 0. The number of alkyl halides is 3. The van der Waals surface area contributed by atoms with Gasteiger partial charge in [-0.15, -0.1) is 0 Å². The van der Waals surface area contributed by atoms with E-state index in [1.165, 1.54) is 30.3 Å². The van der Waals surface area contributed by atoms with E-state index in [4.69, 9.17) is 10.3 Å². The Hall–Kier alpha value is -5.46. The molecule has 0 bridgehead atoms. The molecule has 0 saturated heterocycles. The molecular formula is C31H23F4N7O2. The third-order valence-electron chi connectivity index (χ3n) is 7.84. The van der Waals surface area contributed by atoms with Gasteiger partial charge in [-0.1, -0.05) is 35.5 Å². The highest BCUT2D eigenvalue weighted by Gasteiger charge is 2.43. The number of carbonyl (C=O) groups excluding carboxylic acids is 1. The number of benzene rings is 3. The molecular weight excluding hydrogens is 578 g/mol. The monoisotopic (exact) mass is 601 g/mol. The molecule has 1 amide bonds. The van der Waals surface area contributed by atoms with Crippen molar-refractivity contribution in [3.05, 3.63) is 107 Å². The molecule has 0 atom stereocenters. The van der Waals surface area contributed by atoms with Crippen LogP contribution in [-0.4, -0.2) is 36.9 Å². The topological polar surface area (TPSA) is 108 Å². The van der Waals surface area contributed by atoms with Gasteiger partial charge in [0.1, 0.15) is 17.3 Å². The number of imidazole rings is 1. The molecule has 9 nitrogen and oxygen atoms in total. The summed E-state index contributed by atoms with van der Waals surface area (Å²) in [6, 6.07) is 16.4. The third-order valence-corrected chi connectivity index (χ3v) is 7.84. The van der Waals surface area contributed by atoms with Crippen molar-refractivity contribution >= 4 is 28.4 Å². The van der Waals surface area contributed by atoms with Gasteiger partial charge >= 0.3 is 6.18 Å². The Bertz CT molecular complexity index is 2080. The predicted molar refractivity (Wildman–Crippen MR) is 154 cm³/mol. The second-order valence-electron chi connectivity index (χ2n) is 10.5. The van der Waals surface area contributed by atoms with E-state index < -0.39 is 23.6 Å². The second-order valence-corrected chi connectivity index (χ2v) is 10.5. The number of halogens is 4. The molecule has 0 spiro atoms. The molecule has 0 fully saturated rings. The molecule has 1 aliphatic heterocycles. The van der Waals surface area contributed by atoms with E-state index in [2.05, 4.69) is 15.2 Å². The van der Waals surface area contributed by atoms with Crippen molar-refractivity contribution in [2.75, 3.05) is 17.2 Å². The highest BCUT2D eigenvalue weighted by molar-refractivity contribution is 6.08. The average Bonchev–Trinajstić information content (AvgIpc) is 3.71. The summed E-state index contributed by atoms with van der Waals surface area (Å²) in [6.45, 7) is 2.26. The average molecular weight is 602 g/mol. The van der Waals surface area contributed by atoms with Crippen molar-refractivity contribution in [3.8, 4) is 16.8 Å². The minimum atomic E-state index is -4.81. The Morgan fingerprint density at radius 3 is 2.64 bits per heavy atom. The maximum Gasteiger partial charge on any atom is 0.435 e. The lowest BCUT2D eigenvalue weighted by Crippen LogP contribution is -2.39. The van der Waals surface area contributed by atoms with Gasteiger partial charge in [0.2, 0.25) is 0 Å². The number of hydrogen-bond donors (Lipinski definition) is 1. The van der Waals surface area contributed by atoms with Gasteiger partial charge < -0.3 is 19.7 Å². The van der Waals surface area contributed by atoms with E-state index in [0.717, 1.165) is 26.5 Å². The summed E-state index contributed by atoms with van der Waals surface area (Å²) < 4.78 is 66.0. The van der Waals surface area contributed by atoms with Gasteiger partial charge in [0.05, 0.1) is 16.8 Å². The van der Waals surface area contributed by atoms with Crippen LogP contribution in [0.4, 0.5) is 29.1 Å². The highest BCUT2D eigenvalue weighted by atomic mass is 19.4. The Morgan fingerprint density at radius 2 is 1.89 bits per heavy atom. The fraction of sp³-hybridized carbons (Fsp3) is 0.161. The van der Waals surface area contributed by atoms with E-state index >= 15 is 4.39 Å². The first-order chi connectivity index (χ1) is 21.1. The second kappa shape index (κ2) is 10.1. The third kappa shape index (κ3) is 4.48. The predicted octanol–water partition coefficient (Wildman–Crippen LogP) is 6.18. The van der Waals surface area contributed by atoms with Crippen LogP contribution < -0.4 is 10.6 Å². The fourth-order valence-electron chi connectivity index (χ4n) is 5.67. The summed E-state index contributed by atoms with van der Waals surface area (Å²) in [5.41, 5.74) is 6.87. The van der Waals surface area contributed by atoms with Gasteiger partial charge in [-0.05, 0) is 60.4 Å². The number of nitrogen functional groups attached to an aromatic ring is 1. The standard InChI is InChI=1S/C31H23F4N7O2/c1-17-37-11-13-40(17)16-19-4-2-3-5-21(19)18-6-8-25(24(32)14-18)41-12-10-22-27(30(41)43)42(38-28(22)31(33,34)35)20-7-9-26-23(15-20)29(36)39-44-26/h2-9,11,13-15H,10,12,16H2,1H3,(H2,36,39). The van der Waals surface area contributed by atoms with Crippen LogP contribution in [0.1, 0.15) is 33.1 Å². The molecule has 3 aromatic carbocycles. The molecule has 7 rings (SSSR count). The number of anilines is 2. The molecule has 0 unspecified atom stereocenters. The van der Waals surface area contributed by atoms with Crippen molar-refractivity contribution in [1.82, 2.24) is 24.5 Å². The summed E-state index contributed by atoms with van der Waals surface area (Å²) >= 11 is 0. The van der Waals surface area contributed by atoms with E-state index in [-0.39, 0.29) is 41.4 Å². The zero-order valence-corrected chi connectivity index (χ0v) is 23.1. The number of nitrogens with zero attached hydrogens (tertiary/aromatic N) is 6. The van der Waals surface area contributed by atoms with Gasteiger partial charge in [-0.2, -0.15) is 18.3 Å². The maximum absolute atomic E-state index is 15.8. The molecule has 3 aromatic heterocycles. The Kier molecular flexibility index (Phi) is 6.27. The Balaban J connectivity index is 1.27. The molecule has 6 aromatic rings. The molecule has 1 aliphatic rings. The first-order valence-corrected chi connectivity index (χ1v) is 13.6. The lowest BCUT2D eigenvalue weighted by atomic mass is 9.98. The van der Waals surface area contributed by atoms with Crippen molar-refractivity contribution in [1.29, 1.82) is 0 Å². The number of aromatic nitrogens is 5. The molecule has 2 N–H and O–H groups in total. The van der Waals surface area contributed by atoms with Crippen molar-refractivity contribution in [3.63, 3.8) is 0 Å². The molecule has 0 aliphatic carbocycles. The van der Waals surface area contributed by atoms with Crippen LogP contribution in [0.5, 0.6) is 0 Å². The van der Waals surface area contributed by atoms with Crippen LogP contribution in [0, 0.1) is 12.7 Å². The van der Waals surface area contributed by atoms with E-state index in [1.54, 1.807) is 12.3 Å². The minimum absolute atomic E-state index is 0.0377. The number of carbonyl (C=O) groups is 1. The lowest BCUT2D eigenvalue weighted by Gasteiger charge is -2.28. The van der Waals surface area contributed by atoms with E-state index in [1.807, 2.05) is 42.0 Å². The Labute approximate surface area is 247 Å². The highest BCUT2D eigenvalue weighted by Crippen LogP contribution is 2.38. The number of amides is 1. The van der Waals surface area contributed by atoms with Crippen LogP contribution in [0.2, 0.25) is 0 Å². The molecule has 0 radical (unpaired) electrons. The van der Waals surface area contributed by atoms with Gasteiger partial charge in [-0.3, -0.25) is 4.79 Å². The quantitative estimate of drug-likeness (QED) is 0.237. The first-order valence-electron chi connectivity index (χ1n) is 13.6. The van der Waals surface area contributed by atoms with Crippen LogP contribution in [0.25, 0.3) is 27.8 Å². The van der Waals surface area contributed by atoms with Crippen LogP contribution >= 0.6 is 0 Å². The van der Waals surface area contributed by atoms with Crippen LogP contribution in [0.3, 0.4) is 0 Å². The normalized spacial score (nSPS) is 13.6. The summed E-state index contributed by atoms with van der Waals surface area (Å²) in [4.78, 5) is 19.3. The van der Waals surface area contributed by atoms with Gasteiger partial charge in [0, 0.05) is 31.0 Å². The van der Waals surface area contributed by atoms with Crippen LogP contribution in [-0.2, 0) is 19.1 Å². The maximum atomic E-state index is 15.8. The van der Waals surface area contributed by atoms with Gasteiger partial charge in [0.15, 0.2) is 17.1 Å². The Morgan fingerprint density at radius 1 is 1.07 bits per heavy atom. The zero-order valence-electron chi connectivity index (χ0n) is 23.1. The largest absolute Gasteiger partial charge is 0.435 e. The van der Waals surface area contributed by atoms with E-state index in [0.29, 0.717) is 23.1 Å².